The number of fused-ring (bicyclic) bond motifs is 2. The quantitative estimate of drug-likeness (QED) is 0.748. The van der Waals surface area contributed by atoms with E-state index in [-0.39, 0.29) is 12.4 Å². The second-order valence-electron chi connectivity index (χ2n) is 5.77. The van der Waals surface area contributed by atoms with Crippen molar-refractivity contribution in [2.75, 3.05) is 13.1 Å². The summed E-state index contributed by atoms with van der Waals surface area (Å²) in [6.07, 6.45) is 8.40. The molecule has 1 unspecified atom stereocenters. The summed E-state index contributed by atoms with van der Waals surface area (Å²) in [5.74, 6) is 0.545. The number of aromatic nitrogens is 3. The molecule has 7 nitrogen and oxygen atoms in total. The highest BCUT2D eigenvalue weighted by molar-refractivity contribution is 5.76. The number of hydrogen-bond acceptors (Lipinski definition) is 5. The van der Waals surface area contributed by atoms with Gasteiger partial charge >= 0.3 is 6.03 Å². The Kier molecular flexibility index (Phi) is 3.06. The molecule has 7 heteroatoms. The molecule has 2 aromatic rings. The zero-order valence-corrected chi connectivity index (χ0v) is 12.6. The molecule has 1 spiro atoms. The maximum absolute atomic E-state index is 12.5. The van der Waals surface area contributed by atoms with Gasteiger partial charge < -0.3 is 9.64 Å². The van der Waals surface area contributed by atoms with Gasteiger partial charge in [0.2, 0.25) is 0 Å². The molecule has 0 N–H and O–H groups in total. The highest BCUT2D eigenvalue weighted by Gasteiger charge is 2.40. The van der Waals surface area contributed by atoms with E-state index in [2.05, 4.69) is 15.0 Å². The third-order valence-electron chi connectivity index (χ3n) is 4.46. The fraction of sp³-hybridized carbons (Fsp3) is 0.375. The van der Waals surface area contributed by atoms with Gasteiger partial charge in [-0.3, -0.25) is 4.57 Å². The Hall–Kier alpha value is -2.70. The summed E-state index contributed by atoms with van der Waals surface area (Å²) in [5.41, 5.74) is 0.268. The van der Waals surface area contributed by atoms with Crippen LogP contribution in [0.25, 0.3) is 0 Å². The van der Waals surface area contributed by atoms with E-state index in [4.69, 9.17) is 6.11 Å². The minimum absolute atomic E-state index is 0.0912. The number of aliphatic imine (C=N–C) groups is 1. The van der Waals surface area contributed by atoms with E-state index in [1.165, 1.54) is 10.9 Å². The van der Waals surface area contributed by atoms with E-state index in [0.29, 0.717) is 25.3 Å². The molecule has 0 bridgehead atoms. The van der Waals surface area contributed by atoms with Crippen LogP contribution >= 0.6 is 0 Å². The summed E-state index contributed by atoms with van der Waals surface area (Å²) in [6.45, 7) is 1.18. The summed E-state index contributed by atoms with van der Waals surface area (Å²) in [6, 6.07) is 3.71. The highest BCUT2D eigenvalue weighted by atomic mass is 16.5. The number of likely N-dealkylation sites (tertiary alicyclic amines) is 1. The van der Waals surface area contributed by atoms with Crippen molar-refractivity contribution >= 4 is 18.2 Å². The van der Waals surface area contributed by atoms with E-state index in [0.717, 1.165) is 18.4 Å². The highest BCUT2D eigenvalue weighted by Crippen LogP contribution is 2.42. The molecule has 0 aliphatic carbocycles. The topological polar surface area (TPSA) is 72.6 Å². The first-order valence-electron chi connectivity index (χ1n) is 8.15. The molecule has 1 saturated heterocycles. The Morgan fingerprint density at radius 2 is 2.30 bits per heavy atom. The molecule has 1 fully saturated rings. The van der Waals surface area contributed by atoms with Crippen molar-refractivity contribution in [3.63, 3.8) is 0 Å². The van der Waals surface area contributed by atoms with Crippen LogP contribution in [0, 0.1) is 0 Å². The largest absolute Gasteiger partial charge is 0.472 e. The predicted molar refractivity (Wildman–Crippen MR) is 83.6 cm³/mol. The third kappa shape index (κ3) is 2.38. The molecule has 0 saturated carbocycles. The standard InChI is InChI=1S/C16H17N5O2/c22-15(21-10-7-17-11-21)20-8-2-4-16(5-9-20)13-3-1-6-18-14(13)19-12-23-16/h1,3,6-7,10-12H,2,4-5,8-9H2/i12D. The van der Waals surface area contributed by atoms with Crippen molar-refractivity contribution in [3.8, 4) is 0 Å². The van der Waals surface area contributed by atoms with Gasteiger partial charge in [0.15, 0.2) is 12.2 Å². The number of rotatable bonds is 0. The lowest BCUT2D eigenvalue weighted by atomic mass is 9.86. The smallest absolute Gasteiger partial charge is 0.329 e. The molecule has 1 atom stereocenters. The number of nitrogens with zero attached hydrogens (tertiary/aromatic N) is 5. The van der Waals surface area contributed by atoms with Crippen molar-refractivity contribution < 1.29 is 10.9 Å². The number of imidazole rings is 1. The first kappa shape index (κ1) is 12.8. The predicted octanol–water partition coefficient (Wildman–Crippen LogP) is 2.32. The molecule has 23 heavy (non-hydrogen) atoms. The Morgan fingerprint density at radius 3 is 3.17 bits per heavy atom. The first-order chi connectivity index (χ1) is 11.7. The second-order valence-corrected chi connectivity index (χ2v) is 5.77. The van der Waals surface area contributed by atoms with E-state index in [1.54, 1.807) is 23.5 Å². The van der Waals surface area contributed by atoms with Crippen molar-refractivity contribution in [2.45, 2.75) is 24.9 Å². The molecular formula is C16H17N5O2. The summed E-state index contributed by atoms with van der Waals surface area (Å²) < 4.78 is 15.2. The maximum Gasteiger partial charge on any atom is 0.329 e. The van der Waals surface area contributed by atoms with Crippen molar-refractivity contribution in [3.05, 3.63) is 42.6 Å². The first-order valence-corrected chi connectivity index (χ1v) is 7.65. The normalized spacial score (nSPS) is 24.3. The minimum Gasteiger partial charge on any atom is -0.472 e. The van der Waals surface area contributed by atoms with Crippen LogP contribution in [-0.4, -0.2) is 44.9 Å². The number of ether oxygens (including phenoxy) is 1. The number of carbonyl (C=O) groups excluding carboxylic acids is 1. The number of hydrogen-bond donors (Lipinski definition) is 0. The number of amides is 1. The van der Waals surface area contributed by atoms with Crippen LogP contribution in [-0.2, 0) is 10.3 Å². The number of pyridine rings is 1. The summed E-state index contributed by atoms with van der Waals surface area (Å²) in [4.78, 5) is 26.6. The van der Waals surface area contributed by atoms with E-state index in [1.807, 2.05) is 12.1 Å². The molecule has 4 heterocycles. The molecular weight excluding hydrogens is 294 g/mol. The van der Waals surface area contributed by atoms with Gasteiger partial charge in [-0.1, -0.05) is 0 Å². The maximum atomic E-state index is 12.5. The van der Waals surface area contributed by atoms with Gasteiger partial charge in [0.25, 0.3) is 0 Å². The monoisotopic (exact) mass is 312 g/mol. The molecule has 1 amide bonds. The Balaban J connectivity index is 1.61. The fourth-order valence-corrected chi connectivity index (χ4v) is 3.26. The van der Waals surface area contributed by atoms with Crippen molar-refractivity contribution in [2.24, 2.45) is 4.99 Å². The average molecular weight is 312 g/mol. The van der Waals surface area contributed by atoms with Gasteiger partial charge in [0, 0.05) is 43.7 Å². The van der Waals surface area contributed by atoms with Crippen LogP contribution in [0.1, 0.15) is 26.2 Å². The lowest BCUT2D eigenvalue weighted by molar-refractivity contribution is 0.0416. The summed E-state index contributed by atoms with van der Waals surface area (Å²) in [5, 5.41) is 0. The molecule has 2 aromatic heterocycles. The van der Waals surface area contributed by atoms with Crippen LogP contribution < -0.4 is 0 Å². The van der Waals surface area contributed by atoms with Gasteiger partial charge in [-0.15, -0.1) is 0 Å². The third-order valence-corrected chi connectivity index (χ3v) is 4.46. The van der Waals surface area contributed by atoms with Crippen LogP contribution in [0.4, 0.5) is 10.6 Å². The average Bonchev–Trinajstić information content (AvgIpc) is 3.04. The molecule has 4 rings (SSSR count). The lowest BCUT2D eigenvalue weighted by Crippen LogP contribution is -2.37. The molecule has 0 radical (unpaired) electrons. The van der Waals surface area contributed by atoms with Gasteiger partial charge in [-0.25, -0.2) is 19.8 Å². The zero-order valence-electron chi connectivity index (χ0n) is 13.6. The molecule has 2 aliphatic rings. The minimum atomic E-state index is -0.633. The summed E-state index contributed by atoms with van der Waals surface area (Å²) in [7, 11) is 0. The Labute approximate surface area is 135 Å². The van der Waals surface area contributed by atoms with Crippen LogP contribution in [0.2, 0.25) is 0 Å². The SMILES string of the molecule is [2H]C1=Nc2ncccc2C2(CCCN(C(=O)n3ccnc3)CC2)O1. The van der Waals surface area contributed by atoms with Crippen LogP contribution in [0.5, 0.6) is 0 Å². The van der Waals surface area contributed by atoms with Gasteiger partial charge in [0.1, 0.15) is 13.3 Å². The van der Waals surface area contributed by atoms with E-state index < -0.39 is 5.60 Å². The fourth-order valence-electron chi connectivity index (χ4n) is 3.26. The second kappa shape index (κ2) is 5.49. The van der Waals surface area contributed by atoms with Gasteiger partial charge in [-0.05, 0) is 25.0 Å². The number of carbonyl (C=O) groups is 1. The van der Waals surface area contributed by atoms with Crippen LogP contribution in [0.15, 0.2) is 42.0 Å². The molecule has 118 valence electrons. The molecule has 2 aliphatic heterocycles. The summed E-state index contributed by atoms with van der Waals surface area (Å²) >= 11 is 0. The van der Waals surface area contributed by atoms with E-state index >= 15 is 0 Å². The van der Waals surface area contributed by atoms with Crippen molar-refractivity contribution in [1.82, 2.24) is 19.4 Å². The van der Waals surface area contributed by atoms with E-state index in [9.17, 15) is 4.79 Å². The lowest BCUT2D eigenvalue weighted by Gasteiger charge is -2.34. The van der Waals surface area contributed by atoms with Crippen LogP contribution in [0.3, 0.4) is 0 Å². The molecule has 0 aromatic carbocycles. The van der Waals surface area contributed by atoms with Gasteiger partial charge in [-0.2, -0.15) is 0 Å². The Morgan fingerprint density at radius 1 is 1.35 bits per heavy atom. The van der Waals surface area contributed by atoms with Gasteiger partial charge in [0.05, 0.1) is 0 Å². The Bertz CT molecular complexity index is 792. The zero-order chi connectivity index (χ0) is 16.6. The van der Waals surface area contributed by atoms with Crippen molar-refractivity contribution in [1.29, 1.82) is 0 Å².